The largest absolute Gasteiger partial charge is 0.464 e. The van der Waals surface area contributed by atoms with Gasteiger partial charge in [-0.1, -0.05) is 11.6 Å². The van der Waals surface area contributed by atoms with Crippen molar-refractivity contribution in [1.82, 2.24) is 10.2 Å². The highest BCUT2D eigenvalue weighted by atomic mass is 35.5. The van der Waals surface area contributed by atoms with Gasteiger partial charge >= 0.3 is 0 Å². The maximum Gasteiger partial charge on any atom is 0.251 e. The van der Waals surface area contributed by atoms with Crippen LogP contribution < -0.4 is 5.32 Å². The van der Waals surface area contributed by atoms with Crippen LogP contribution in [0.1, 0.15) is 42.1 Å². The third-order valence-corrected chi connectivity index (χ3v) is 4.05. The zero-order chi connectivity index (χ0) is 18.4. The standard InChI is InChI=1S/C19H23ClN2O3/c1-13(2)22(12-17-9-4-14(3)25-17)18(23)10-11-21-19(24)15-5-7-16(20)8-6-15/h4-9,13H,10-12H2,1-3H3,(H,21,24). The van der Waals surface area contributed by atoms with Crippen LogP contribution in [0.25, 0.3) is 0 Å². The Bertz CT molecular complexity index is 723. The van der Waals surface area contributed by atoms with Gasteiger partial charge in [0.1, 0.15) is 11.5 Å². The van der Waals surface area contributed by atoms with E-state index in [1.54, 1.807) is 29.2 Å². The Morgan fingerprint density at radius 3 is 2.40 bits per heavy atom. The summed E-state index contributed by atoms with van der Waals surface area (Å²) in [4.78, 5) is 26.3. The van der Waals surface area contributed by atoms with E-state index in [1.807, 2.05) is 32.9 Å². The Morgan fingerprint density at radius 1 is 1.16 bits per heavy atom. The van der Waals surface area contributed by atoms with Crippen LogP contribution in [0.3, 0.4) is 0 Å². The summed E-state index contributed by atoms with van der Waals surface area (Å²) in [6, 6.07) is 10.4. The summed E-state index contributed by atoms with van der Waals surface area (Å²) in [6.07, 6.45) is 0.233. The van der Waals surface area contributed by atoms with Gasteiger partial charge in [0.05, 0.1) is 6.54 Å². The van der Waals surface area contributed by atoms with E-state index in [-0.39, 0.29) is 30.8 Å². The fraction of sp³-hybridized carbons (Fsp3) is 0.368. The molecule has 0 spiro atoms. The molecule has 1 aromatic carbocycles. The number of furan rings is 1. The maximum absolute atomic E-state index is 12.5. The molecule has 0 aliphatic carbocycles. The summed E-state index contributed by atoms with van der Waals surface area (Å²) in [5.74, 6) is 1.33. The molecule has 2 aromatic rings. The molecule has 0 bridgehead atoms. The molecular weight excluding hydrogens is 340 g/mol. The van der Waals surface area contributed by atoms with Gasteiger partial charge in [0.2, 0.25) is 5.91 Å². The van der Waals surface area contributed by atoms with Crippen molar-refractivity contribution in [3.8, 4) is 0 Å². The number of nitrogens with one attached hydrogen (secondary N) is 1. The van der Waals surface area contributed by atoms with Gasteiger partial charge in [-0.3, -0.25) is 9.59 Å². The molecule has 0 saturated heterocycles. The second kappa shape index (κ2) is 8.72. The predicted octanol–water partition coefficient (Wildman–Crippen LogP) is 3.80. The van der Waals surface area contributed by atoms with Gasteiger partial charge in [0.15, 0.2) is 0 Å². The molecule has 2 amide bonds. The Morgan fingerprint density at radius 2 is 1.84 bits per heavy atom. The minimum Gasteiger partial charge on any atom is -0.464 e. The molecule has 0 fully saturated rings. The second-order valence-electron chi connectivity index (χ2n) is 6.14. The summed E-state index contributed by atoms with van der Waals surface area (Å²) in [7, 11) is 0. The molecule has 25 heavy (non-hydrogen) atoms. The smallest absolute Gasteiger partial charge is 0.251 e. The number of rotatable bonds is 7. The maximum atomic E-state index is 12.5. The molecule has 6 heteroatoms. The van der Waals surface area contributed by atoms with Gasteiger partial charge in [0.25, 0.3) is 5.91 Å². The van der Waals surface area contributed by atoms with E-state index in [4.69, 9.17) is 16.0 Å². The zero-order valence-electron chi connectivity index (χ0n) is 14.7. The van der Waals surface area contributed by atoms with Gasteiger partial charge in [-0.2, -0.15) is 0 Å². The molecule has 0 aliphatic heterocycles. The fourth-order valence-corrected chi connectivity index (χ4v) is 2.55. The number of benzene rings is 1. The average Bonchev–Trinajstić information content (AvgIpc) is 2.98. The van der Waals surface area contributed by atoms with Crippen LogP contribution in [0.2, 0.25) is 5.02 Å². The van der Waals surface area contributed by atoms with E-state index < -0.39 is 0 Å². The van der Waals surface area contributed by atoms with E-state index >= 15 is 0 Å². The number of hydrogen-bond acceptors (Lipinski definition) is 3. The number of carbonyl (C=O) groups excluding carboxylic acids is 2. The minimum absolute atomic E-state index is 0.0274. The van der Waals surface area contributed by atoms with Crippen molar-refractivity contribution >= 4 is 23.4 Å². The molecule has 0 radical (unpaired) electrons. The Kier molecular flexibility index (Phi) is 6.65. The first-order valence-corrected chi connectivity index (χ1v) is 8.63. The number of halogens is 1. The summed E-state index contributed by atoms with van der Waals surface area (Å²) in [5.41, 5.74) is 0.517. The van der Waals surface area contributed by atoms with E-state index in [0.717, 1.165) is 11.5 Å². The van der Waals surface area contributed by atoms with Crippen LogP contribution in [0.15, 0.2) is 40.8 Å². The average molecular weight is 363 g/mol. The molecule has 0 aliphatic rings. The van der Waals surface area contributed by atoms with Crippen LogP contribution in [0.4, 0.5) is 0 Å². The number of hydrogen-bond donors (Lipinski definition) is 1. The number of aryl methyl sites for hydroxylation is 1. The van der Waals surface area contributed by atoms with Gasteiger partial charge in [-0.15, -0.1) is 0 Å². The molecule has 1 heterocycles. The van der Waals surface area contributed by atoms with E-state index in [2.05, 4.69) is 5.32 Å². The van der Waals surface area contributed by atoms with Crippen LogP contribution in [0.5, 0.6) is 0 Å². The van der Waals surface area contributed by atoms with Crippen LogP contribution in [-0.4, -0.2) is 29.3 Å². The molecule has 0 atom stereocenters. The predicted molar refractivity (Wildman–Crippen MR) is 97.5 cm³/mol. The molecule has 0 unspecified atom stereocenters. The van der Waals surface area contributed by atoms with Crippen LogP contribution >= 0.6 is 11.6 Å². The molecule has 1 aromatic heterocycles. The number of carbonyl (C=O) groups is 2. The number of amides is 2. The van der Waals surface area contributed by atoms with Crippen molar-refractivity contribution in [2.24, 2.45) is 0 Å². The number of nitrogens with zero attached hydrogens (tertiary/aromatic N) is 1. The third kappa shape index (κ3) is 5.64. The Hall–Kier alpha value is -2.27. The highest BCUT2D eigenvalue weighted by Crippen LogP contribution is 2.13. The van der Waals surface area contributed by atoms with Crippen LogP contribution in [-0.2, 0) is 11.3 Å². The van der Waals surface area contributed by atoms with Gasteiger partial charge in [-0.05, 0) is 57.2 Å². The summed E-state index contributed by atoms with van der Waals surface area (Å²) in [5, 5.41) is 3.33. The zero-order valence-corrected chi connectivity index (χ0v) is 15.5. The molecule has 5 nitrogen and oxygen atoms in total. The van der Waals surface area contributed by atoms with Crippen molar-refractivity contribution in [1.29, 1.82) is 0 Å². The normalized spacial score (nSPS) is 10.8. The van der Waals surface area contributed by atoms with Gasteiger partial charge in [0, 0.05) is 29.6 Å². The van der Waals surface area contributed by atoms with Crippen molar-refractivity contribution in [2.45, 2.75) is 39.8 Å². The van der Waals surface area contributed by atoms with E-state index in [0.29, 0.717) is 17.1 Å². The monoisotopic (exact) mass is 362 g/mol. The topological polar surface area (TPSA) is 62.6 Å². The third-order valence-electron chi connectivity index (χ3n) is 3.80. The summed E-state index contributed by atoms with van der Waals surface area (Å²) in [6.45, 7) is 6.49. The lowest BCUT2D eigenvalue weighted by atomic mass is 10.2. The first-order chi connectivity index (χ1) is 11.9. The lowest BCUT2D eigenvalue weighted by Gasteiger charge is -2.26. The fourth-order valence-electron chi connectivity index (χ4n) is 2.43. The van der Waals surface area contributed by atoms with Crippen molar-refractivity contribution in [3.63, 3.8) is 0 Å². The molecule has 1 N–H and O–H groups in total. The summed E-state index contributed by atoms with van der Waals surface area (Å²) >= 11 is 5.81. The molecule has 2 rings (SSSR count). The van der Waals surface area contributed by atoms with E-state index in [1.165, 1.54) is 0 Å². The SMILES string of the molecule is Cc1ccc(CN(C(=O)CCNC(=O)c2ccc(Cl)cc2)C(C)C)o1. The van der Waals surface area contributed by atoms with Gasteiger partial charge < -0.3 is 14.6 Å². The highest BCUT2D eigenvalue weighted by Gasteiger charge is 2.18. The highest BCUT2D eigenvalue weighted by molar-refractivity contribution is 6.30. The van der Waals surface area contributed by atoms with Gasteiger partial charge in [-0.25, -0.2) is 0 Å². The molecule has 134 valence electrons. The minimum atomic E-state index is -0.220. The Balaban J connectivity index is 1.86. The first-order valence-electron chi connectivity index (χ1n) is 8.25. The summed E-state index contributed by atoms with van der Waals surface area (Å²) < 4.78 is 5.55. The van der Waals surface area contributed by atoms with Crippen molar-refractivity contribution in [3.05, 3.63) is 58.5 Å². The first kappa shape index (κ1) is 19.1. The Labute approximate surface area is 153 Å². The quantitative estimate of drug-likeness (QED) is 0.814. The lowest BCUT2D eigenvalue weighted by Crippen LogP contribution is -2.38. The second-order valence-corrected chi connectivity index (χ2v) is 6.58. The van der Waals surface area contributed by atoms with E-state index in [9.17, 15) is 9.59 Å². The van der Waals surface area contributed by atoms with Crippen LogP contribution in [0, 0.1) is 6.92 Å². The van der Waals surface area contributed by atoms with Crippen molar-refractivity contribution < 1.29 is 14.0 Å². The molecule has 0 saturated carbocycles. The van der Waals surface area contributed by atoms with Crippen molar-refractivity contribution in [2.75, 3.05) is 6.54 Å². The molecular formula is C19H23ClN2O3. The lowest BCUT2D eigenvalue weighted by molar-refractivity contribution is -0.133.